The number of sulfonamides is 1. The van der Waals surface area contributed by atoms with Gasteiger partial charge in [-0.1, -0.05) is 62.4 Å². The molecule has 0 aliphatic heterocycles. The van der Waals surface area contributed by atoms with Crippen molar-refractivity contribution in [3.05, 3.63) is 59.7 Å². The highest BCUT2D eigenvalue weighted by atomic mass is 32.2. The number of rotatable bonds is 10. The molecule has 0 aliphatic carbocycles. The van der Waals surface area contributed by atoms with Gasteiger partial charge in [0.25, 0.3) is 10.0 Å². The van der Waals surface area contributed by atoms with Crippen molar-refractivity contribution in [1.82, 2.24) is 0 Å². The Hall–Kier alpha value is -2.14. The van der Waals surface area contributed by atoms with Crippen molar-refractivity contribution in [3.63, 3.8) is 0 Å². The van der Waals surface area contributed by atoms with Crippen molar-refractivity contribution >= 4 is 16.2 Å². The van der Waals surface area contributed by atoms with Crippen molar-refractivity contribution < 1.29 is 13.2 Å². The largest absolute Gasteiger partial charge is 0.493 e. The molecule has 4 nitrogen and oxygen atoms in total. The van der Waals surface area contributed by atoms with Gasteiger partial charge < -0.3 is 4.74 Å². The summed E-state index contributed by atoms with van der Waals surface area (Å²) in [6, 6.07) is 14.0. The number of para-hydroxylation sites is 1. The topological polar surface area (TPSA) is 55.7 Å². The number of benzene rings is 2. The molecule has 0 unspecified atom stereocenters. The Kier molecular flexibility index (Phi) is 7.85. The number of unbranched alkanes of at least 4 members (excludes halogenated alkanes) is 4. The van der Waals surface area contributed by atoms with Gasteiger partial charge in [-0.05, 0) is 37.6 Å². The molecule has 5 heteroatoms. The zero-order chi connectivity index (χ0) is 18.8. The first-order valence-corrected chi connectivity index (χ1v) is 10.6. The van der Waals surface area contributed by atoms with E-state index in [2.05, 4.69) is 11.3 Å². The number of aryl methyl sites for hydroxylation is 1. The van der Waals surface area contributed by atoms with Crippen molar-refractivity contribution in [1.29, 1.82) is 0 Å². The van der Waals surface area contributed by atoms with Crippen LogP contribution in [0.4, 0.5) is 0 Å². The van der Waals surface area contributed by atoms with Crippen LogP contribution in [0.3, 0.4) is 0 Å². The van der Waals surface area contributed by atoms with E-state index in [1.807, 2.05) is 25.1 Å². The Morgan fingerprint density at radius 3 is 2.38 bits per heavy atom. The van der Waals surface area contributed by atoms with Gasteiger partial charge in [0.2, 0.25) is 0 Å². The van der Waals surface area contributed by atoms with Gasteiger partial charge in [0.15, 0.2) is 0 Å². The number of hydrogen-bond acceptors (Lipinski definition) is 3. The molecule has 2 aromatic rings. The lowest BCUT2D eigenvalue weighted by atomic mass is 10.2. The summed E-state index contributed by atoms with van der Waals surface area (Å²) in [4.78, 5) is 0.189. The first kappa shape index (κ1) is 20.2. The fourth-order valence-corrected chi connectivity index (χ4v) is 3.36. The summed E-state index contributed by atoms with van der Waals surface area (Å²) in [5, 5.41) is 0. The van der Waals surface area contributed by atoms with Gasteiger partial charge in [-0.15, -0.1) is 0 Å². The zero-order valence-corrected chi connectivity index (χ0v) is 16.3. The molecule has 0 N–H and O–H groups in total. The first-order valence-electron chi connectivity index (χ1n) is 9.12. The minimum Gasteiger partial charge on any atom is -0.493 e. The van der Waals surface area contributed by atoms with Crippen LogP contribution in [0, 0.1) is 6.92 Å². The molecule has 0 saturated carbocycles. The highest BCUT2D eigenvalue weighted by Gasteiger charge is 2.11. The maximum atomic E-state index is 12.4. The van der Waals surface area contributed by atoms with Crippen LogP contribution < -0.4 is 4.74 Å². The van der Waals surface area contributed by atoms with Crippen LogP contribution in [0.5, 0.6) is 5.75 Å². The number of nitrogens with zero attached hydrogens (tertiary/aromatic N) is 1. The van der Waals surface area contributed by atoms with Gasteiger partial charge in [0.05, 0.1) is 17.7 Å². The SMILES string of the molecule is CCCCCCCOc1ccccc1/C=N\S(=O)(=O)c1ccc(C)cc1. The third kappa shape index (κ3) is 6.30. The van der Waals surface area contributed by atoms with E-state index in [9.17, 15) is 8.42 Å². The summed E-state index contributed by atoms with van der Waals surface area (Å²) in [5.41, 5.74) is 1.67. The number of ether oxygens (including phenoxy) is 1. The Morgan fingerprint density at radius 2 is 1.65 bits per heavy atom. The van der Waals surface area contributed by atoms with E-state index in [1.165, 1.54) is 25.5 Å². The molecule has 0 aliphatic rings. The molecular weight excluding hydrogens is 346 g/mol. The molecule has 0 heterocycles. The van der Waals surface area contributed by atoms with E-state index in [-0.39, 0.29) is 4.90 Å². The fraction of sp³-hybridized carbons (Fsp3) is 0.381. The van der Waals surface area contributed by atoms with Gasteiger partial charge in [-0.3, -0.25) is 0 Å². The second-order valence-electron chi connectivity index (χ2n) is 6.32. The molecule has 0 fully saturated rings. The van der Waals surface area contributed by atoms with E-state index in [1.54, 1.807) is 30.3 Å². The number of hydrogen-bond donors (Lipinski definition) is 0. The summed E-state index contributed by atoms with van der Waals surface area (Å²) in [5.74, 6) is 0.658. The monoisotopic (exact) mass is 373 g/mol. The van der Waals surface area contributed by atoms with E-state index in [4.69, 9.17) is 4.74 Å². The van der Waals surface area contributed by atoms with Crippen molar-refractivity contribution in [3.8, 4) is 5.75 Å². The molecular formula is C21H27NO3S. The quantitative estimate of drug-likeness (QED) is 0.427. The smallest absolute Gasteiger partial charge is 0.282 e. The highest BCUT2D eigenvalue weighted by molar-refractivity contribution is 7.90. The molecule has 2 rings (SSSR count). The van der Waals surface area contributed by atoms with E-state index in [0.29, 0.717) is 17.9 Å². The summed E-state index contributed by atoms with van der Waals surface area (Å²) in [6.45, 7) is 4.73. The van der Waals surface area contributed by atoms with Crippen LogP contribution in [-0.4, -0.2) is 21.2 Å². The molecule has 0 radical (unpaired) electrons. The molecule has 140 valence electrons. The fourth-order valence-electron chi connectivity index (χ4n) is 2.50. The van der Waals surface area contributed by atoms with Crippen LogP contribution >= 0.6 is 0 Å². The standard InChI is InChI=1S/C21H27NO3S/c1-3-4-5-6-9-16-25-21-11-8-7-10-19(21)17-22-26(23,24)20-14-12-18(2)13-15-20/h7-8,10-15,17H,3-6,9,16H2,1-2H3/b22-17-. The maximum absolute atomic E-state index is 12.4. The third-order valence-electron chi connectivity index (χ3n) is 4.07. The normalized spacial score (nSPS) is 11.8. The predicted molar refractivity (Wildman–Crippen MR) is 107 cm³/mol. The molecule has 0 spiro atoms. The summed E-state index contributed by atoms with van der Waals surface area (Å²) in [7, 11) is -3.71. The van der Waals surface area contributed by atoms with E-state index < -0.39 is 10.0 Å². The van der Waals surface area contributed by atoms with E-state index in [0.717, 1.165) is 18.4 Å². The predicted octanol–water partition coefficient (Wildman–Crippen LogP) is 5.15. The summed E-state index contributed by atoms with van der Waals surface area (Å²) in [6.07, 6.45) is 7.19. The molecule has 26 heavy (non-hydrogen) atoms. The second kappa shape index (κ2) is 10.1. The third-order valence-corrected chi connectivity index (χ3v) is 5.32. The second-order valence-corrected chi connectivity index (χ2v) is 7.96. The van der Waals surface area contributed by atoms with Crippen LogP contribution in [0.2, 0.25) is 0 Å². The zero-order valence-electron chi connectivity index (χ0n) is 15.5. The van der Waals surface area contributed by atoms with Crippen molar-refractivity contribution in [2.45, 2.75) is 50.8 Å². The summed E-state index contributed by atoms with van der Waals surface area (Å²) < 4.78 is 34.3. The molecule has 0 aromatic heterocycles. The molecule has 0 saturated heterocycles. The highest BCUT2D eigenvalue weighted by Crippen LogP contribution is 2.18. The minimum atomic E-state index is -3.71. The molecule has 2 aromatic carbocycles. The van der Waals surface area contributed by atoms with Crippen LogP contribution in [0.1, 0.15) is 50.2 Å². The average molecular weight is 374 g/mol. The first-order chi connectivity index (χ1) is 12.5. The average Bonchev–Trinajstić information content (AvgIpc) is 2.64. The lowest BCUT2D eigenvalue weighted by molar-refractivity contribution is 0.304. The minimum absolute atomic E-state index is 0.189. The molecule has 0 amide bonds. The molecule has 0 atom stereocenters. The van der Waals surface area contributed by atoms with Crippen LogP contribution in [0.25, 0.3) is 0 Å². The molecule has 0 bridgehead atoms. The van der Waals surface area contributed by atoms with Crippen molar-refractivity contribution in [2.24, 2.45) is 4.40 Å². The Balaban J connectivity index is 2.02. The summed E-state index contributed by atoms with van der Waals surface area (Å²) >= 11 is 0. The van der Waals surface area contributed by atoms with Crippen LogP contribution in [0.15, 0.2) is 57.8 Å². The Bertz CT molecular complexity index is 811. The maximum Gasteiger partial charge on any atom is 0.282 e. The van der Waals surface area contributed by atoms with Crippen LogP contribution in [-0.2, 0) is 10.0 Å². The van der Waals surface area contributed by atoms with Gasteiger partial charge in [-0.25, -0.2) is 0 Å². The van der Waals surface area contributed by atoms with Gasteiger partial charge in [0, 0.05) is 5.56 Å². The van der Waals surface area contributed by atoms with Crippen molar-refractivity contribution in [2.75, 3.05) is 6.61 Å². The lowest BCUT2D eigenvalue weighted by Crippen LogP contribution is -2.01. The Morgan fingerprint density at radius 1 is 0.962 bits per heavy atom. The lowest BCUT2D eigenvalue weighted by Gasteiger charge is -2.08. The van der Waals surface area contributed by atoms with Gasteiger partial charge in [-0.2, -0.15) is 12.8 Å². The van der Waals surface area contributed by atoms with E-state index >= 15 is 0 Å². The Labute approximate surface area is 157 Å². The van der Waals surface area contributed by atoms with Gasteiger partial charge >= 0.3 is 0 Å². The van der Waals surface area contributed by atoms with Gasteiger partial charge in [0.1, 0.15) is 5.75 Å².